The number of carboxylic acids is 1. The van der Waals surface area contributed by atoms with E-state index in [1.807, 2.05) is 0 Å². The molecule has 34 heavy (non-hydrogen) atoms. The van der Waals surface area contributed by atoms with Gasteiger partial charge in [0.25, 0.3) is 5.91 Å². The SMILES string of the molecule is O=C(NC(C(=O)O)C1CC1)c1cc(C2CC2)c(COc2cc(Cl)cc(OC(F)(F)F)c2)cc1F. The second-order valence-electron chi connectivity index (χ2n) is 8.39. The predicted molar refractivity (Wildman–Crippen MR) is 112 cm³/mol. The molecule has 0 aromatic heterocycles. The predicted octanol–water partition coefficient (Wildman–Crippen LogP) is 5.43. The molecule has 2 aromatic carbocycles. The lowest BCUT2D eigenvalue weighted by molar-refractivity contribution is -0.274. The van der Waals surface area contributed by atoms with Gasteiger partial charge in [0.15, 0.2) is 0 Å². The molecule has 0 radical (unpaired) electrons. The minimum Gasteiger partial charge on any atom is -0.489 e. The topological polar surface area (TPSA) is 84.9 Å². The summed E-state index contributed by atoms with van der Waals surface area (Å²) in [5, 5.41) is 11.7. The van der Waals surface area contributed by atoms with Gasteiger partial charge in [-0.25, -0.2) is 9.18 Å². The van der Waals surface area contributed by atoms with E-state index in [4.69, 9.17) is 16.3 Å². The van der Waals surface area contributed by atoms with Crippen LogP contribution in [0.25, 0.3) is 0 Å². The van der Waals surface area contributed by atoms with Gasteiger partial charge in [-0.1, -0.05) is 11.6 Å². The fourth-order valence-electron chi connectivity index (χ4n) is 3.71. The number of hydrogen-bond donors (Lipinski definition) is 2. The van der Waals surface area contributed by atoms with Crippen LogP contribution in [0.4, 0.5) is 17.6 Å². The van der Waals surface area contributed by atoms with Gasteiger partial charge in [0.1, 0.15) is 30.0 Å². The standard InChI is InChI=1S/C23H20ClF4NO5/c24-14-6-15(8-16(7-14)34-23(26,27)28)33-10-13-5-19(25)18(9-17(13)11-1-2-11)21(30)29-20(22(31)32)12-3-4-12/h5-9,11-12,20H,1-4,10H2,(H,29,30)(H,31,32). The molecule has 1 unspecified atom stereocenters. The lowest BCUT2D eigenvalue weighted by Gasteiger charge is -2.17. The molecule has 4 rings (SSSR count). The molecule has 0 bridgehead atoms. The first-order chi connectivity index (χ1) is 16.0. The number of carbonyl (C=O) groups is 2. The van der Waals surface area contributed by atoms with Crippen LogP contribution in [0.1, 0.15) is 53.1 Å². The summed E-state index contributed by atoms with van der Waals surface area (Å²) in [4.78, 5) is 24.0. The third-order valence-electron chi connectivity index (χ3n) is 5.61. The van der Waals surface area contributed by atoms with E-state index in [1.54, 1.807) is 0 Å². The van der Waals surface area contributed by atoms with Gasteiger partial charge in [0, 0.05) is 11.1 Å². The molecule has 2 fully saturated rings. The van der Waals surface area contributed by atoms with Crippen LogP contribution in [0.2, 0.25) is 5.02 Å². The summed E-state index contributed by atoms with van der Waals surface area (Å²) in [5.74, 6) is -3.48. The molecule has 2 aromatic rings. The van der Waals surface area contributed by atoms with Gasteiger partial charge in [-0.2, -0.15) is 0 Å². The van der Waals surface area contributed by atoms with Crippen molar-refractivity contribution in [1.29, 1.82) is 0 Å². The first-order valence-corrected chi connectivity index (χ1v) is 10.9. The van der Waals surface area contributed by atoms with Crippen molar-refractivity contribution in [2.75, 3.05) is 0 Å². The Hall–Kier alpha value is -3.01. The Morgan fingerprint density at radius 3 is 2.35 bits per heavy atom. The summed E-state index contributed by atoms with van der Waals surface area (Å²) in [6.45, 7) is -0.184. The van der Waals surface area contributed by atoms with Crippen LogP contribution in [-0.2, 0) is 11.4 Å². The number of ether oxygens (including phenoxy) is 2. The molecule has 0 aliphatic heterocycles. The number of carboxylic acid groups (broad SMARTS) is 1. The number of amides is 1. The average Bonchev–Trinajstić information content (AvgIpc) is 3.61. The van der Waals surface area contributed by atoms with E-state index < -0.39 is 35.8 Å². The zero-order valence-electron chi connectivity index (χ0n) is 17.6. The zero-order valence-corrected chi connectivity index (χ0v) is 18.4. The fraction of sp³-hybridized carbons (Fsp3) is 0.391. The van der Waals surface area contributed by atoms with Gasteiger partial charge >= 0.3 is 12.3 Å². The number of nitrogens with one attached hydrogen (secondary N) is 1. The maximum absolute atomic E-state index is 14.8. The van der Waals surface area contributed by atoms with Crippen molar-refractivity contribution >= 4 is 23.5 Å². The molecule has 6 nitrogen and oxygen atoms in total. The van der Waals surface area contributed by atoms with Crippen LogP contribution < -0.4 is 14.8 Å². The second-order valence-corrected chi connectivity index (χ2v) is 8.83. The van der Waals surface area contributed by atoms with E-state index in [1.165, 1.54) is 12.1 Å². The summed E-state index contributed by atoms with van der Waals surface area (Å²) in [7, 11) is 0. The van der Waals surface area contributed by atoms with Crippen molar-refractivity contribution in [2.45, 2.75) is 50.6 Å². The van der Waals surface area contributed by atoms with E-state index in [2.05, 4.69) is 10.1 Å². The number of benzene rings is 2. The number of rotatable bonds is 9. The Morgan fingerprint density at radius 1 is 1.09 bits per heavy atom. The molecule has 2 N–H and O–H groups in total. The minimum atomic E-state index is -4.90. The van der Waals surface area contributed by atoms with Gasteiger partial charge in [0.05, 0.1) is 5.56 Å². The van der Waals surface area contributed by atoms with Crippen LogP contribution >= 0.6 is 11.6 Å². The van der Waals surface area contributed by atoms with E-state index in [0.29, 0.717) is 24.0 Å². The normalized spacial score (nSPS) is 16.6. The van der Waals surface area contributed by atoms with Gasteiger partial charge in [-0.15, -0.1) is 13.2 Å². The summed E-state index contributed by atoms with van der Waals surface area (Å²) < 4.78 is 61.8. The highest BCUT2D eigenvalue weighted by molar-refractivity contribution is 6.30. The largest absolute Gasteiger partial charge is 0.573 e. The second kappa shape index (κ2) is 9.32. The molecule has 2 saturated carbocycles. The summed E-state index contributed by atoms with van der Waals surface area (Å²) in [5.41, 5.74) is 0.826. The van der Waals surface area contributed by atoms with E-state index in [9.17, 15) is 32.3 Å². The van der Waals surface area contributed by atoms with E-state index in [-0.39, 0.29) is 34.8 Å². The summed E-state index contributed by atoms with van der Waals surface area (Å²) >= 11 is 5.85. The third kappa shape index (κ3) is 6.11. The van der Waals surface area contributed by atoms with Crippen LogP contribution in [-0.4, -0.2) is 29.4 Å². The molecular weight excluding hydrogens is 482 g/mol. The molecule has 182 valence electrons. The van der Waals surface area contributed by atoms with Crippen LogP contribution in [0.15, 0.2) is 30.3 Å². The molecule has 2 aliphatic carbocycles. The van der Waals surface area contributed by atoms with Gasteiger partial charge in [0.2, 0.25) is 0 Å². The van der Waals surface area contributed by atoms with Gasteiger partial charge < -0.3 is 19.9 Å². The van der Waals surface area contributed by atoms with Crippen molar-refractivity contribution in [3.63, 3.8) is 0 Å². The van der Waals surface area contributed by atoms with Crippen molar-refractivity contribution in [2.24, 2.45) is 5.92 Å². The molecule has 1 amide bonds. The highest BCUT2D eigenvalue weighted by atomic mass is 35.5. The van der Waals surface area contributed by atoms with Crippen LogP contribution in [0.3, 0.4) is 0 Å². The van der Waals surface area contributed by atoms with Crippen molar-refractivity contribution in [3.05, 3.63) is 57.9 Å². The quantitative estimate of drug-likeness (QED) is 0.448. The molecule has 0 spiro atoms. The summed E-state index contributed by atoms with van der Waals surface area (Å²) in [6, 6.07) is 4.74. The van der Waals surface area contributed by atoms with Gasteiger partial charge in [-0.05, 0) is 72.9 Å². The van der Waals surface area contributed by atoms with Crippen molar-refractivity contribution in [3.8, 4) is 11.5 Å². The van der Waals surface area contributed by atoms with Crippen LogP contribution in [0.5, 0.6) is 11.5 Å². The molecule has 0 heterocycles. The number of alkyl halides is 3. The Morgan fingerprint density at radius 2 is 1.76 bits per heavy atom. The van der Waals surface area contributed by atoms with E-state index >= 15 is 0 Å². The third-order valence-corrected chi connectivity index (χ3v) is 5.83. The van der Waals surface area contributed by atoms with Crippen LogP contribution in [0, 0.1) is 11.7 Å². The number of aliphatic carboxylic acids is 1. The molecule has 1 atom stereocenters. The minimum absolute atomic E-state index is 0.00976. The molecule has 11 heteroatoms. The van der Waals surface area contributed by atoms with Crippen molar-refractivity contribution in [1.82, 2.24) is 5.32 Å². The first kappa shape index (κ1) is 24.1. The number of halogens is 5. The number of hydrogen-bond acceptors (Lipinski definition) is 4. The maximum atomic E-state index is 14.8. The lowest BCUT2D eigenvalue weighted by Crippen LogP contribution is -2.42. The number of carbonyl (C=O) groups excluding carboxylic acids is 1. The Kier molecular flexibility index (Phi) is 6.62. The Balaban J connectivity index is 1.52. The highest BCUT2D eigenvalue weighted by Gasteiger charge is 2.38. The smallest absolute Gasteiger partial charge is 0.489 e. The van der Waals surface area contributed by atoms with Gasteiger partial charge in [-0.3, -0.25) is 4.79 Å². The Bertz CT molecular complexity index is 1120. The monoisotopic (exact) mass is 501 g/mol. The lowest BCUT2D eigenvalue weighted by atomic mass is 9.99. The molecular formula is C23H20ClF4NO5. The molecule has 2 aliphatic rings. The summed E-state index contributed by atoms with van der Waals surface area (Å²) in [6.07, 6.45) is -1.90. The van der Waals surface area contributed by atoms with E-state index in [0.717, 1.165) is 31.0 Å². The molecule has 0 saturated heterocycles. The fourth-order valence-corrected chi connectivity index (χ4v) is 3.92. The highest BCUT2D eigenvalue weighted by Crippen LogP contribution is 2.43. The maximum Gasteiger partial charge on any atom is 0.573 e. The Labute approximate surface area is 196 Å². The average molecular weight is 502 g/mol. The van der Waals surface area contributed by atoms with Crippen molar-refractivity contribution < 1.29 is 41.7 Å². The first-order valence-electron chi connectivity index (χ1n) is 10.6. The zero-order chi connectivity index (χ0) is 24.6.